The van der Waals surface area contributed by atoms with Crippen LogP contribution in [0, 0.1) is 0 Å². The zero-order valence-corrected chi connectivity index (χ0v) is 9.80. The smallest absolute Gasteiger partial charge is 0.320 e. The number of anilines is 1. The maximum absolute atomic E-state index is 11.3. The van der Waals surface area contributed by atoms with Gasteiger partial charge in [0.1, 0.15) is 5.65 Å². The number of rotatable bonds is 3. The zero-order chi connectivity index (χ0) is 13.1. The molecule has 2 aromatic rings. The number of nitrogens with zero attached hydrogens (tertiary/aromatic N) is 2. The fourth-order valence-electron chi connectivity index (χ4n) is 1.52. The molecule has 7 heteroatoms. The molecule has 18 heavy (non-hydrogen) atoms. The number of imidazole rings is 1. The third-order valence-electron chi connectivity index (χ3n) is 2.32. The van der Waals surface area contributed by atoms with Crippen LogP contribution in [0.4, 0.5) is 10.6 Å². The van der Waals surface area contributed by atoms with Crippen molar-refractivity contribution in [3.63, 3.8) is 0 Å². The standard InChI is InChI=1S/C11H13N5O2/c1-2-13-11(18)15-8-6-16-4-3-7(10(12)17)5-9(16)14-8/h3-6H,2H2,1H3,(H2,12,17)(H2,13,15,18). The van der Waals surface area contributed by atoms with Gasteiger partial charge in [0.05, 0.1) is 6.20 Å². The molecule has 0 radical (unpaired) electrons. The van der Waals surface area contributed by atoms with Crippen molar-refractivity contribution in [2.24, 2.45) is 5.73 Å². The van der Waals surface area contributed by atoms with Crippen molar-refractivity contribution in [1.29, 1.82) is 0 Å². The Morgan fingerprint density at radius 1 is 1.50 bits per heavy atom. The maximum atomic E-state index is 11.3. The van der Waals surface area contributed by atoms with E-state index in [1.807, 2.05) is 6.92 Å². The molecule has 0 saturated heterocycles. The predicted molar refractivity (Wildman–Crippen MR) is 66.4 cm³/mol. The molecule has 0 fully saturated rings. The van der Waals surface area contributed by atoms with Crippen molar-refractivity contribution in [2.75, 3.05) is 11.9 Å². The third-order valence-corrected chi connectivity index (χ3v) is 2.32. The lowest BCUT2D eigenvalue weighted by Crippen LogP contribution is -2.28. The minimum Gasteiger partial charge on any atom is -0.366 e. The van der Waals surface area contributed by atoms with Gasteiger partial charge in [0, 0.05) is 18.3 Å². The van der Waals surface area contributed by atoms with E-state index < -0.39 is 5.91 Å². The predicted octanol–water partition coefficient (Wildman–Crippen LogP) is 0.575. The first-order chi connectivity index (χ1) is 8.60. The molecule has 0 unspecified atom stereocenters. The van der Waals surface area contributed by atoms with Gasteiger partial charge in [-0.25, -0.2) is 9.78 Å². The Morgan fingerprint density at radius 3 is 2.94 bits per heavy atom. The molecule has 0 aliphatic heterocycles. The second kappa shape index (κ2) is 4.74. The van der Waals surface area contributed by atoms with E-state index in [2.05, 4.69) is 15.6 Å². The number of urea groups is 1. The Morgan fingerprint density at radius 2 is 2.28 bits per heavy atom. The maximum Gasteiger partial charge on any atom is 0.320 e. The van der Waals surface area contributed by atoms with E-state index in [1.54, 1.807) is 28.9 Å². The summed E-state index contributed by atoms with van der Waals surface area (Å²) in [7, 11) is 0. The summed E-state index contributed by atoms with van der Waals surface area (Å²) in [6, 6.07) is 2.83. The Labute approximate surface area is 103 Å². The lowest BCUT2D eigenvalue weighted by atomic mass is 10.2. The van der Waals surface area contributed by atoms with Gasteiger partial charge < -0.3 is 15.5 Å². The summed E-state index contributed by atoms with van der Waals surface area (Å²) in [5.41, 5.74) is 6.09. The molecule has 94 valence electrons. The Hall–Kier alpha value is -2.57. The van der Waals surface area contributed by atoms with Crippen molar-refractivity contribution in [2.45, 2.75) is 6.92 Å². The van der Waals surface area contributed by atoms with Crippen LogP contribution in [0.3, 0.4) is 0 Å². The molecule has 0 aromatic carbocycles. The number of pyridine rings is 1. The number of aromatic nitrogens is 2. The quantitative estimate of drug-likeness (QED) is 0.739. The van der Waals surface area contributed by atoms with Crippen LogP contribution < -0.4 is 16.4 Å². The number of nitrogens with one attached hydrogen (secondary N) is 2. The lowest BCUT2D eigenvalue weighted by Gasteiger charge is -2.00. The minimum atomic E-state index is -0.515. The van der Waals surface area contributed by atoms with Crippen molar-refractivity contribution in [1.82, 2.24) is 14.7 Å². The molecule has 0 bridgehead atoms. The number of amides is 3. The van der Waals surface area contributed by atoms with Gasteiger partial charge in [0.15, 0.2) is 5.82 Å². The van der Waals surface area contributed by atoms with Crippen LogP contribution in [0.15, 0.2) is 24.5 Å². The molecule has 0 aliphatic carbocycles. The number of hydrogen-bond donors (Lipinski definition) is 3. The number of nitrogens with two attached hydrogens (primary N) is 1. The van der Waals surface area contributed by atoms with E-state index in [1.165, 1.54) is 0 Å². The summed E-state index contributed by atoms with van der Waals surface area (Å²) in [5, 5.41) is 5.18. The Kier molecular flexibility index (Phi) is 3.13. The Balaban J connectivity index is 2.27. The number of carbonyl (C=O) groups is 2. The van der Waals surface area contributed by atoms with Crippen LogP contribution in [0.2, 0.25) is 0 Å². The van der Waals surface area contributed by atoms with E-state index in [9.17, 15) is 9.59 Å². The van der Waals surface area contributed by atoms with Gasteiger partial charge in [-0.05, 0) is 19.1 Å². The van der Waals surface area contributed by atoms with Crippen LogP contribution >= 0.6 is 0 Å². The first-order valence-corrected chi connectivity index (χ1v) is 5.43. The summed E-state index contributed by atoms with van der Waals surface area (Å²) >= 11 is 0. The SMILES string of the molecule is CCNC(=O)Nc1cn2ccc(C(N)=O)cc2n1. The zero-order valence-electron chi connectivity index (χ0n) is 9.80. The molecule has 0 spiro atoms. The van der Waals surface area contributed by atoms with Crippen LogP contribution in [-0.4, -0.2) is 27.9 Å². The molecule has 2 heterocycles. The van der Waals surface area contributed by atoms with E-state index in [-0.39, 0.29) is 6.03 Å². The molecule has 7 nitrogen and oxygen atoms in total. The van der Waals surface area contributed by atoms with Crippen LogP contribution in [0.5, 0.6) is 0 Å². The first kappa shape index (κ1) is 11.9. The molecular formula is C11H13N5O2. The second-order valence-corrected chi connectivity index (χ2v) is 3.66. The highest BCUT2D eigenvalue weighted by Crippen LogP contribution is 2.11. The topological polar surface area (TPSA) is 102 Å². The van der Waals surface area contributed by atoms with Gasteiger partial charge >= 0.3 is 6.03 Å². The van der Waals surface area contributed by atoms with Gasteiger partial charge in [0.2, 0.25) is 5.91 Å². The van der Waals surface area contributed by atoms with Crippen molar-refractivity contribution in [3.05, 3.63) is 30.1 Å². The summed E-state index contributed by atoms with van der Waals surface area (Å²) in [6.45, 7) is 2.35. The van der Waals surface area contributed by atoms with Gasteiger partial charge in [0.25, 0.3) is 0 Å². The summed E-state index contributed by atoms with van der Waals surface area (Å²) in [4.78, 5) is 26.5. The highest BCUT2D eigenvalue weighted by atomic mass is 16.2. The molecular weight excluding hydrogens is 234 g/mol. The average molecular weight is 247 g/mol. The van der Waals surface area contributed by atoms with Gasteiger partial charge in [-0.3, -0.25) is 10.1 Å². The van der Waals surface area contributed by atoms with E-state index in [0.717, 1.165) is 0 Å². The third kappa shape index (κ3) is 2.40. The molecule has 2 rings (SSSR count). The largest absolute Gasteiger partial charge is 0.366 e. The monoisotopic (exact) mass is 247 g/mol. The van der Waals surface area contributed by atoms with E-state index in [4.69, 9.17) is 5.73 Å². The van der Waals surface area contributed by atoms with Gasteiger partial charge in [-0.2, -0.15) is 0 Å². The van der Waals surface area contributed by atoms with Gasteiger partial charge in [-0.1, -0.05) is 0 Å². The van der Waals surface area contributed by atoms with Crippen LogP contribution in [-0.2, 0) is 0 Å². The number of primary amides is 1. The molecule has 0 aliphatic rings. The highest BCUT2D eigenvalue weighted by molar-refractivity contribution is 5.94. The summed E-state index contributed by atoms with van der Waals surface area (Å²) in [5.74, 6) is -0.110. The highest BCUT2D eigenvalue weighted by Gasteiger charge is 2.07. The molecule has 0 saturated carbocycles. The molecule has 0 atom stereocenters. The number of hydrogen-bond acceptors (Lipinski definition) is 3. The summed E-state index contributed by atoms with van der Waals surface area (Å²) in [6.07, 6.45) is 3.31. The van der Waals surface area contributed by atoms with E-state index >= 15 is 0 Å². The Bertz CT molecular complexity index is 604. The van der Waals surface area contributed by atoms with Crippen molar-refractivity contribution >= 4 is 23.4 Å². The van der Waals surface area contributed by atoms with Crippen LogP contribution in [0.1, 0.15) is 17.3 Å². The first-order valence-electron chi connectivity index (χ1n) is 5.43. The number of carbonyl (C=O) groups excluding carboxylic acids is 2. The molecule has 3 amide bonds. The number of fused-ring (bicyclic) bond motifs is 1. The average Bonchev–Trinajstić information content (AvgIpc) is 2.69. The fraction of sp³-hybridized carbons (Fsp3) is 0.182. The van der Waals surface area contributed by atoms with Crippen LogP contribution in [0.25, 0.3) is 5.65 Å². The molecule has 2 aromatic heterocycles. The van der Waals surface area contributed by atoms with E-state index in [0.29, 0.717) is 23.6 Å². The molecule has 4 N–H and O–H groups in total. The van der Waals surface area contributed by atoms with Crippen molar-refractivity contribution < 1.29 is 9.59 Å². The van der Waals surface area contributed by atoms with Crippen molar-refractivity contribution in [3.8, 4) is 0 Å². The summed E-state index contributed by atoms with van der Waals surface area (Å²) < 4.78 is 1.69. The normalized spacial score (nSPS) is 10.3. The lowest BCUT2D eigenvalue weighted by molar-refractivity contribution is 0.1000. The second-order valence-electron chi connectivity index (χ2n) is 3.66. The van der Waals surface area contributed by atoms with Gasteiger partial charge in [-0.15, -0.1) is 0 Å². The minimum absolute atomic E-state index is 0.323. The fourth-order valence-corrected chi connectivity index (χ4v) is 1.52.